The third-order valence-electron chi connectivity index (χ3n) is 2.63. The van der Waals surface area contributed by atoms with Gasteiger partial charge in [-0.2, -0.15) is 8.78 Å². The van der Waals surface area contributed by atoms with Gasteiger partial charge in [0.2, 0.25) is 0 Å². The Kier molecular flexibility index (Phi) is 3.96. The third-order valence-corrected chi connectivity index (χ3v) is 2.63. The Balaban J connectivity index is 1.93. The zero-order chi connectivity index (χ0) is 13.0. The molecule has 0 atom stereocenters. The van der Waals surface area contributed by atoms with Gasteiger partial charge in [-0.15, -0.1) is 0 Å². The van der Waals surface area contributed by atoms with Crippen molar-refractivity contribution < 1.29 is 13.5 Å². The number of hydrogen-bond donors (Lipinski definition) is 1. The molecule has 98 valence electrons. The van der Waals surface area contributed by atoms with Crippen molar-refractivity contribution in [3.63, 3.8) is 0 Å². The lowest BCUT2D eigenvalue weighted by molar-refractivity contribution is -0.0498. The molecular weight excluding hydrogens is 240 g/mol. The van der Waals surface area contributed by atoms with Gasteiger partial charge in [0.25, 0.3) is 0 Å². The summed E-state index contributed by atoms with van der Waals surface area (Å²) in [6.45, 7) is -0.577. The van der Waals surface area contributed by atoms with Gasteiger partial charge in [-0.1, -0.05) is 12.1 Å². The maximum absolute atomic E-state index is 12.1. The van der Waals surface area contributed by atoms with Crippen molar-refractivity contribution in [3.05, 3.63) is 29.8 Å². The van der Waals surface area contributed by atoms with Crippen molar-refractivity contribution in [1.29, 1.82) is 0 Å². The van der Waals surface area contributed by atoms with Gasteiger partial charge in [0, 0.05) is 20.1 Å². The topological polar surface area (TPSA) is 36.9 Å². The smallest absolute Gasteiger partial charge is 0.387 e. The van der Waals surface area contributed by atoms with Crippen LogP contribution in [0.4, 0.5) is 8.78 Å². The zero-order valence-electron chi connectivity index (χ0n) is 10.1. The van der Waals surface area contributed by atoms with Crippen LogP contribution in [0.3, 0.4) is 0 Å². The molecule has 0 aromatic heterocycles. The van der Waals surface area contributed by atoms with Crippen molar-refractivity contribution in [2.24, 2.45) is 4.99 Å². The van der Waals surface area contributed by atoms with E-state index in [0.717, 1.165) is 24.6 Å². The van der Waals surface area contributed by atoms with Gasteiger partial charge >= 0.3 is 6.61 Å². The quantitative estimate of drug-likeness (QED) is 0.889. The number of aliphatic imine (C=N–C) groups is 1. The van der Waals surface area contributed by atoms with Crippen LogP contribution in [-0.2, 0) is 6.54 Å². The molecule has 0 bridgehead atoms. The second-order valence-electron chi connectivity index (χ2n) is 4.01. The van der Waals surface area contributed by atoms with E-state index < -0.39 is 6.61 Å². The van der Waals surface area contributed by atoms with E-state index in [1.165, 1.54) is 6.07 Å². The summed E-state index contributed by atoms with van der Waals surface area (Å²) in [5.41, 5.74) is 0.871. The van der Waals surface area contributed by atoms with Crippen molar-refractivity contribution >= 4 is 5.96 Å². The van der Waals surface area contributed by atoms with Gasteiger partial charge in [-0.25, -0.2) is 0 Å². The number of guanidine groups is 1. The number of benzene rings is 1. The van der Waals surface area contributed by atoms with Gasteiger partial charge in [0.05, 0.1) is 6.54 Å². The van der Waals surface area contributed by atoms with E-state index in [0.29, 0.717) is 6.54 Å². The Morgan fingerprint density at radius 1 is 1.50 bits per heavy atom. The standard InChI is InChI=1S/C12H15F2N3O/c1-17-6-5-15-12(17)16-8-9-3-2-4-10(7-9)18-11(13)14/h2-4,7,11H,5-6,8H2,1H3,(H,15,16). The predicted molar refractivity (Wildman–Crippen MR) is 64.8 cm³/mol. The molecule has 2 rings (SSSR count). The summed E-state index contributed by atoms with van der Waals surface area (Å²) in [5, 5.41) is 3.16. The number of rotatable bonds is 4. The van der Waals surface area contributed by atoms with E-state index in [9.17, 15) is 8.78 Å². The molecular formula is C12H15F2N3O. The highest BCUT2D eigenvalue weighted by molar-refractivity contribution is 5.81. The van der Waals surface area contributed by atoms with Crippen LogP contribution in [0.2, 0.25) is 0 Å². The highest BCUT2D eigenvalue weighted by Crippen LogP contribution is 2.15. The number of halogens is 2. The minimum Gasteiger partial charge on any atom is -0.435 e. The first kappa shape index (κ1) is 12.6. The molecule has 1 aromatic carbocycles. The lowest BCUT2D eigenvalue weighted by Crippen LogP contribution is -2.35. The maximum Gasteiger partial charge on any atom is 0.387 e. The van der Waals surface area contributed by atoms with Crippen molar-refractivity contribution in [2.75, 3.05) is 20.1 Å². The van der Waals surface area contributed by atoms with Crippen LogP contribution in [0.25, 0.3) is 0 Å². The molecule has 0 fully saturated rings. The lowest BCUT2D eigenvalue weighted by atomic mass is 10.2. The fraction of sp³-hybridized carbons (Fsp3) is 0.417. The summed E-state index contributed by atoms with van der Waals surface area (Å²) < 4.78 is 28.5. The van der Waals surface area contributed by atoms with E-state index in [1.807, 2.05) is 18.0 Å². The van der Waals surface area contributed by atoms with Crippen LogP contribution in [0.15, 0.2) is 29.3 Å². The number of likely N-dealkylation sites (N-methyl/N-ethyl adjacent to an activating group) is 1. The molecule has 1 aliphatic heterocycles. The molecule has 18 heavy (non-hydrogen) atoms. The summed E-state index contributed by atoms with van der Waals surface area (Å²) in [6.07, 6.45) is 0. The molecule has 0 unspecified atom stereocenters. The van der Waals surface area contributed by atoms with Crippen molar-refractivity contribution in [2.45, 2.75) is 13.2 Å². The number of alkyl halides is 2. The fourth-order valence-corrected chi connectivity index (χ4v) is 1.74. The van der Waals surface area contributed by atoms with Crippen molar-refractivity contribution in [1.82, 2.24) is 10.2 Å². The minimum absolute atomic E-state index is 0.172. The predicted octanol–water partition coefficient (Wildman–Crippen LogP) is 1.68. The normalized spacial score (nSPS) is 14.9. The van der Waals surface area contributed by atoms with E-state index in [4.69, 9.17) is 0 Å². The summed E-state index contributed by atoms with van der Waals surface area (Å²) in [7, 11) is 1.95. The average molecular weight is 255 g/mol. The van der Waals surface area contributed by atoms with E-state index in [-0.39, 0.29) is 5.75 Å². The molecule has 0 saturated heterocycles. The second kappa shape index (κ2) is 5.66. The van der Waals surface area contributed by atoms with E-state index in [2.05, 4.69) is 15.0 Å². The van der Waals surface area contributed by atoms with E-state index >= 15 is 0 Å². The number of ether oxygens (including phenoxy) is 1. The Labute approximate surface area is 104 Å². The van der Waals surface area contributed by atoms with Crippen LogP contribution in [-0.4, -0.2) is 37.6 Å². The summed E-state index contributed by atoms with van der Waals surface area (Å²) in [6, 6.07) is 6.64. The number of nitrogens with zero attached hydrogens (tertiary/aromatic N) is 2. The maximum atomic E-state index is 12.1. The SMILES string of the molecule is CN1CCN=C1NCc1cccc(OC(F)F)c1. The van der Waals surface area contributed by atoms with Gasteiger partial charge in [0.15, 0.2) is 5.96 Å². The molecule has 0 amide bonds. The largest absolute Gasteiger partial charge is 0.435 e. The highest BCUT2D eigenvalue weighted by Gasteiger charge is 2.11. The molecule has 0 spiro atoms. The van der Waals surface area contributed by atoms with Crippen LogP contribution in [0.5, 0.6) is 5.75 Å². The third kappa shape index (κ3) is 3.32. The van der Waals surface area contributed by atoms with Gasteiger partial charge in [-0.05, 0) is 17.7 Å². The first-order valence-corrected chi connectivity index (χ1v) is 5.68. The second-order valence-corrected chi connectivity index (χ2v) is 4.01. The number of hydrogen-bond acceptors (Lipinski definition) is 4. The molecule has 4 nitrogen and oxygen atoms in total. The van der Waals surface area contributed by atoms with Crippen LogP contribution in [0, 0.1) is 0 Å². The monoisotopic (exact) mass is 255 g/mol. The van der Waals surface area contributed by atoms with Crippen LogP contribution in [0.1, 0.15) is 5.56 Å². The van der Waals surface area contributed by atoms with Crippen molar-refractivity contribution in [3.8, 4) is 5.75 Å². The molecule has 1 aromatic rings. The summed E-state index contributed by atoms with van der Waals surface area (Å²) >= 11 is 0. The molecule has 1 heterocycles. The van der Waals surface area contributed by atoms with Gasteiger partial charge in [0.1, 0.15) is 5.75 Å². The van der Waals surface area contributed by atoms with Gasteiger partial charge < -0.3 is 15.0 Å². The first-order valence-electron chi connectivity index (χ1n) is 5.68. The van der Waals surface area contributed by atoms with Gasteiger partial charge in [-0.3, -0.25) is 4.99 Å². The molecule has 1 N–H and O–H groups in total. The molecule has 0 aliphatic carbocycles. The Morgan fingerprint density at radius 3 is 3.00 bits per heavy atom. The Bertz CT molecular complexity index is 437. The lowest BCUT2D eigenvalue weighted by Gasteiger charge is -2.15. The fourth-order valence-electron chi connectivity index (χ4n) is 1.74. The number of nitrogens with one attached hydrogen (secondary N) is 1. The molecule has 0 saturated carbocycles. The highest BCUT2D eigenvalue weighted by atomic mass is 19.3. The van der Waals surface area contributed by atoms with Crippen LogP contribution < -0.4 is 10.1 Å². The Morgan fingerprint density at radius 2 is 2.33 bits per heavy atom. The average Bonchev–Trinajstić information content (AvgIpc) is 2.72. The minimum atomic E-state index is -2.79. The van der Waals surface area contributed by atoms with Crippen LogP contribution >= 0.6 is 0 Å². The zero-order valence-corrected chi connectivity index (χ0v) is 10.1. The van der Waals surface area contributed by atoms with E-state index in [1.54, 1.807) is 12.1 Å². The molecule has 6 heteroatoms. The summed E-state index contributed by atoms with van der Waals surface area (Å²) in [4.78, 5) is 6.30. The first-order chi connectivity index (χ1) is 8.65. The molecule has 0 radical (unpaired) electrons. The Hall–Kier alpha value is -1.85. The summed E-state index contributed by atoms with van der Waals surface area (Å²) in [5.74, 6) is 1.00. The molecule has 1 aliphatic rings.